The van der Waals surface area contributed by atoms with Crippen LogP contribution in [0.3, 0.4) is 0 Å². The molecule has 2 saturated heterocycles. The van der Waals surface area contributed by atoms with Crippen LogP contribution in [0.1, 0.15) is 6.92 Å². The Morgan fingerprint density at radius 3 is 1.96 bits per heavy atom. The van der Waals surface area contributed by atoms with Gasteiger partial charge in [-0.1, -0.05) is 0 Å². The van der Waals surface area contributed by atoms with E-state index in [-0.39, 0.29) is 5.91 Å². The third-order valence-corrected chi connectivity index (χ3v) is 5.07. The van der Waals surface area contributed by atoms with Crippen LogP contribution in [0.25, 0.3) is 0 Å². The van der Waals surface area contributed by atoms with Gasteiger partial charge in [-0.25, -0.2) is 15.0 Å². The van der Waals surface area contributed by atoms with E-state index in [4.69, 9.17) is 4.98 Å². The van der Waals surface area contributed by atoms with Crippen molar-refractivity contribution in [3.05, 3.63) is 30.7 Å². The zero-order valence-electron chi connectivity index (χ0n) is 15.5. The fraction of sp³-hybridized carbons (Fsp3) is 0.500. The molecule has 2 aromatic rings. The zero-order chi connectivity index (χ0) is 18.6. The van der Waals surface area contributed by atoms with Gasteiger partial charge in [0.05, 0.1) is 0 Å². The molecule has 0 unspecified atom stereocenters. The summed E-state index contributed by atoms with van der Waals surface area (Å²) in [5.74, 6) is 2.60. The number of rotatable bonds is 3. The monoisotopic (exact) mass is 368 g/mol. The van der Waals surface area contributed by atoms with Crippen LogP contribution in [0.4, 0.5) is 17.7 Å². The van der Waals surface area contributed by atoms with E-state index >= 15 is 0 Å². The Hall–Kier alpha value is -2.97. The highest BCUT2D eigenvalue weighted by Gasteiger charge is 2.23. The van der Waals surface area contributed by atoms with Crippen LogP contribution in [-0.2, 0) is 4.79 Å². The first kappa shape index (κ1) is 17.4. The van der Waals surface area contributed by atoms with Gasteiger partial charge in [0.25, 0.3) is 0 Å². The van der Waals surface area contributed by atoms with Crippen molar-refractivity contribution in [2.24, 2.45) is 0 Å². The Labute approximate surface area is 158 Å². The molecule has 2 aliphatic rings. The van der Waals surface area contributed by atoms with Crippen molar-refractivity contribution >= 4 is 23.6 Å². The molecule has 0 aliphatic carbocycles. The van der Waals surface area contributed by atoms with Gasteiger partial charge in [-0.05, 0) is 12.1 Å². The molecule has 0 saturated carbocycles. The molecule has 0 aromatic carbocycles. The summed E-state index contributed by atoms with van der Waals surface area (Å²) in [7, 11) is 0. The van der Waals surface area contributed by atoms with Crippen LogP contribution in [0, 0.1) is 0 Å². The van der Waals surface area contributed by atoms with Crippen LogP contribution in [0.2, 0.25) is 0 Å². The van der Waals surface area contributed by atoms with Gasteiger partial charge in [0.2, 0.25) is 17.8 Å². The van der Waals surface area contributed by atoms with Gasteiger partial charge in [0, 0.05) is 77.9 Å². The Morgan fingerprint density at radius 1 is 0.778 bits per heavy atom. The summed E-state index contributed by atoms with van der Waals surface area (Å²) in [6, 6.07) is 3.77. The lowest BCUT2D eigenvalue weighted by molar-refractivity contribution is -0.129. The number of piperazine rings is 2. The van der Waals surface area contributed by atoms with E-state index in [0.29, 0.717) is 0 Å². The normalized spacial score (nSPS) is 18.0. The summed E-state index contributed by atoms with van der Waals surface area (Å²) in [6.07, 6.45) is 5.36. The number of aromatic nitrogens is 4. The van der Waals surface area contributed by atoms with Crippen molar-refractivity contribution < 1.29 is 4.79 Å². The van der Waals surface area contributed by atoms with E-state index in [2.05, 4.69) is 29.7 Å². The molecule has 1 amide bonds. The molecule has 4 rings (SSSR count). The Morgan fingerprint density at radius 2 is 1.33 bits per heavy atom. The van der Waals surface area contributed by atoms with E-state index in [0.717, 1.165) is 70.1 Å². The first-order valence-corrected chi connectivity index (χ1v) is 9.31. The minimum Gasteiger partial charge on any atom is -0.353 e. The summed E-state index contributed by atoms with van der Waals surface area (Å²) in [4.78, 5) is 37.9. The van der Waals surface area contributed by atoms with Crippen molar-refractivity contribution in [1.82, 2.24) is 24.8 Å². The second-order valence-corrected chi connectivity index (χ2v) is 6.73. The van der Waals surface area contributed by atoms with Crippen molar-refractivity contribution in [3.63, 3.8) is 0 Å². The van der Waals surface area contributed by atoms with E-state index < -0.39 is 0 Å². The average Bonchev–Trinajstić information content (AvgIpc) is 2.75. The lowest BCUT2D eigenvalue weighted by atomic mass is 10.3. The molecule has 2 fully saturated rings. The molecular weight excluding hydrogens is 344 g/mol. The molecule has 0 bridgehead atoms. The zero-order valence-corrected chi connectivity index (χ0v) is 15.5. The van der Waals surface area contributed by atoms with Gasteiger partial charge in [-0.2, -0.15) is 4.98 Å². The Kier molecular flexibility index (Phi) is 4.99. The third kappa shape index (κ3) is 3.91. The van der Waals surface area contributed by atoms with Gasteiger partial charge < -0.3 is 19.6 Å². The molecule has 9 nitrogen and oxygen atoms in total. The van der Waals surface area contributed by atoms with Crippen molar-refractivity contribution in [2.45, 2.75) is 6.92 Å². The molecule has 0 radical (unpaired) electrons. The highest BCUT2D eigenvalue weighted by molar-refractivity contribution is 5.73. The summed E-state index contributed by atoms with van der Waals surface area (Å²) < 4.78 is 0. The lowest BCUT2D eigenvalue weighted by Crippen LogP contribution is -2.49. The number of hydrogen-bond acceptors (Lipinski definition) is 8. The summed E-state index contributed by atoms with van der Waals surface area (Å²) in [5, 5.41) is 0. The average molecular weight is 368 g/mol. The maximum absolute atomic E-state index is 11.5. The molecule has 0 spiro atoms. The predicted octanol–water partition coefficient (Wildman–Crippen LogP) is 0.262. The number of nitrogens with zero attached hydrogens (tertiary/aromatic N) is 8. The number of anilines is 3. The summed E-state index contributed by atoms with van der Waals surface area (Å²) in [6.45, 7) is 8.06. The minimum atomic E-state index is 0.137. The SMILES string of the molecule is CC(=O)N1CCN(c2ccnc(N3CCN(c4ncccn4)CC3)n2)CC1. The lowest BCUT2D eigenvalue weighted by Gasteiger charge is -2.36. The molecule has 4 heterocycles. The number of hydrogen-bond donors (Lipinski definition) is 0. The van der Waals surface area contributed by atoms with Crippen LogP contribution < -0.4 is 14.7 Å². The second-order valence-electron chi connectivity index (χ2n) is 6.73. The number of amides is 1. The third-order valence-electron chi connectivity index (χ3n) is 5.07. The fourth-order valence-corrected chi connectivity index (χ4v) is 3.48. The van der Waals surface area contributed by atoms with E-state index in [1.807, 2.05) is 23.2 Å². The molecule has 0 N–H and O–H groups in total. The van der Waals surface area contributed by atoms with Crippen LogP contribution in [0.15, 0.2) is 30.7 Å². The standard InChI is InChI=1S/C18H24N8O/c1-15(27)23-7-9-24(10-8-23)16-3-6-21-18(22-16)26-13-11-25(12-14-26)17-19-4-2-5-20-17/h2-6H,7-14H2,1H3. The molecule has 2 aromatic heterocycles. The predicted molar refractivity (Wildman–Crippen MR) is 103 cm³/mol. The van der Waals surface area contributed by atoms with Gasteiger partial charge in [-0.3, -0.25) is 4.79 Å². The van der Waals surface area contributed by atoms with Gasteiger partial charge in [-0.15, -0.1) is 0 Å². The fourth-order valence-electron chi connectivity index (χ4n) is 3.48. The smallest absolute Gasteiger partial charge is 0.227 e. The van der Waals surface area contributed by atoms with E-state index in [1.54, 1.807) is 19.3 Å². The van der Waals surface area contributed by atoms with Crippen molar-refractivity contribution in [1.29, 1.82) is 0 Å². The summed E-state index contributed by atoms with van der Waals surface area (Å²) in [5.41, 5.74) is 0. The number of carbonyl (C=O) groups excluding carboxylic acids is 1. The largest absolute Gasteiger partial charge is 0.353 e. The van der Waals surface area contributed by atoms with Crippen molar-refractivity contribution in [3.8, 4) is 0 Å². The maximum atomic E-state index is 11.5. The highest BCUT2D eigenvalue weighted by Crippen LogP contribution is 2.19. The number of carbonyl (C=O) groups is 1. The molecule has 27 heavy (non-hydrogen) atoms. The molecular formula is C18H24N8O. The molecule has 2 aliphatic heterocycles. The quantitative estimate of drug-likeness (QED) is 0.763. The topological polar surface area (TPSA) is 81.6 Å². The molecule has 142 valence electrons. The molecule has 0 atom stereocenters. The first-order valence-electron chi connectivity index (χ1n) is 9.31. The second kappa shape index (κ2) is 7.73. The summed E-state index contributed by atoms with van der Waals surface area (Å²) >= 11 is 0. The molecule has 9 heteroatoms. The first-order chi connectivity index (χ1) is 13.2. The Bertz CT molecular complexity index is 770. The van der Waals surface area contributed by atoms with Crippen LogP contribution in [0.5, 0.6) is 0 Å². The van der Waals surface area contributed by atoms with Gasteiger partial charge in [0.1, 0.15) is 5.82 Å². The van der Waals surface area contributed by atoms with E-state index in [9.17, 15) is 4.79 Å². The van der Waals surface area contributed by atoms with Crippen molar-refractivity contribution in [2.75, 3.05) is 67.1 Å². The van der Waals surface area contributed by atoms with Crippen LogP contribution in [-0.4, -0.2) is 83.1 Å². The minimum absolute atomic E-state index is 0.137. The van der Waals surface area contributed by atoms with Crippen LogP contribution >= 0.6 is 0 Å². The maximum Gasteiger partial charge on any atom is 0.227 e. The highest BCUT2D eigenvalue weighted by atomic mass is 16.2. The van der Waals surface area contributed by atoms with E-state index in [1.165, 1.54) is 0 Å². The van der Waals surface area contributed by atoms with Gasteiger partial charge >= 0.3 is 0 Å². The van der Waals surface area contributed by atoms with Gasteiger partial charge in [0.15, 0.2) is 0 Å². The Balaban J connectivity index is 1.38.